The fourth-order valence-electron chi connectivity index (χ4n) is 2.65. The van der Waals surface area contributed by atoms with Crippen LogP contribution >= 0.6 is 0 Å². The quantitative estimate of drug-likeness (QED) is 0.761. The molecule has 2 heterocycles. The highest BCUT2D eigenvalue weighted by molar-refractivity contribution is 7.86. The lowest BCUT2D eigenvalue weighted by Crippen LogP contribution is -2.47. The van der Waals surface area contributed by atoms with Crippen molar-refractivity contribution < 1.29 is 8.42 Å². The standard InChI is InChI=1S/C12H21N3O2S/c13-11-12-5-9-15(10-6-12)18(16,17)14-7-3-1-2-4-8-14/h12H,1-10H2. The molecule has 18 heavy (non-hydrogen) atoms. The molecule has 0 atom stereocenters. The summed E-state index contributed by atoms with van der Waals surface area (Å²) in [5.74, 6) is 0.0283. The van der Waals surface area contributed by atoms with Gasteiger partial charge in [0.25, 0.3) is 10.2 Å². The molecule has 0 radical (unpaired) electrons. The van der Waals surface area contributed by atoms with Crippen molar-refractivity contribution in [3.63, 3.8) is 0 Å². The monoisotopic (exact) mass is 271 g/mol. The van der Waals surface area contributed by atoms with Crippen LogP contribution in [0.4, 0.5) is 0 Å². The zero-order chi connectivity index (χ0) is 13.0. The average Bonchev–Trinajstić information content (AvgIpc) is 2.68. The first-order valence-electron chi connectivity index (χ1n) is 6.79. The summed E-state index contributed by atoms with van der Waals surface area (Å²) in [5, 5.41) is 8.84. The van der Waals surface area contributed by atoms with E-state index in [1.165, 1.54) is 0 Å². The summed E-state index contributed by atoms with van der Waals surface area (Å²) in [5.41, 5.74) is 0. The Kier molecular flexibility index (Phi) is 4.60. The molecule has 5 nitrogen and oxygen atoms in total. The van der Waals surface area contributed by atoms with E-state index in [9.17, 15) is 8.42 Å². The minimum absolute atomic E-state index is 0.0283. The van der Waals surface area contributed by atoms with E-state index in [0.717, 1.165) is 25.7 Å². The van der Waals surface area contributed by atoms with Gasteiger partial charge in [0.2, 0.25) is 0 Å². The van der Waals surface area contributed by atoms with Gasteiger partial charge in [-0.05, 0) is 25.7 Å². The maximum atomic E-state index is 12.5. The van der Waals surface area contributed by atoms with E-state index in [2.05, 4.69) is 6.07 Å². The molecule has 0 N–H and O–H groups in total. The van der Waals surface area contributed by atoms with Gasteiger partial charge >= 0.3 is 0 Å². The number of rotatable bonds is 2. The van der Waals surface area contributed by atoms with Crippen LogP contribution in [0.1, 0.15) is 38.5 Å². The van der Waals surface area contributed by atoms with Crippen LogP contribution < -0.4 is 0 Å². The van der Waals surface area contributed by atoms with Crippen molar-refractivity contribution in [3.05, 3.63) is 0 Å². The summed E-state index contributed by atoms with van der Waals surface area (Å²) < 4.78 is 28.1. The van der Waals surface area contributed by atoms with E-state index in [1.54, 1.807) is 8.61 Å². The Hall–Kier alpha value is -0.640. The molecule has 2 aliphatic rings. The van der Waals surface area contributed by atoms with Gasteiger partial charge in [0, 0.05) is 32.1 Å². The molecule has 0 spiro atoms. The van der Waals surface area contributed by atoms with Gasteiger partial charge in [-0.2, -0.15) is 22.3 Å². The first kappa shape index (κ1) is 13.8. The molecular weight excluding hydrogens is 250 g/mol. The number of piperidine rings is 1. The molecule has 0 unspecified atom stereocenters. The van der Waals surface area contributed by atoms with Crippen molar-refractivity contribution in [2.75, 3.05) is 26.2 Å². The van der Waals surface area contributed by atoms with Gasteiger partial charge in [-0.25, -0.2) is 0 Å². The summed E-state index contributed by atoms with van der Waals surface area (Å²) in [6, 6.07) is 2.23. The third kappa shape index (κ3) is 3.02. The third-order valence-electron chi connectivity index (χ3n) is 3.85. The van der Waals surface area contributed by atoms with E-state index < -0.39 is 10.2 Å². The van der Waals surface area contributed by atoms with Crippen LogP contribution in [0.3, 0.4) is 0 Å². The van der Waals surface area contributed by atoms with Gasteiger partial charge in [0.1, 0.15) is 0 Å². The molecule has 2 aliphatic heterocycles. The largest absolute Gasteiger partial charge is 0.281 e. The van der Waals surface area contributed by atoms with Crippen LogP contribution in [-0.4, -0.2) is 43.2 Å². The lowest BCUT2D eigenvalue weighted by Gasteiger charge is -2.32. The van der Waals surface area contributed by atoms with Gasteiger partial charge in [-0.15, -0.1) is 0 Å². The van der Waals surface area contributed by atoms with Crippen molar-refractivity contribution in [2.24, 2.45) is 5.92 Å². The number of hydrogen-bond acceptors (Lipinski definition) is 3. The molecular formula is C12H21N3O2S. The number of nitriles is 1. The SMILES string of the molecule is N#CC1CCN(S(=O)(=O)N2CCCCCC2)CC1. The van der Waals surface area contributed by atoms with Gasteiger partial charge in [0.15, 0.2) is 0 Å². The number of nitrogens with zero attached hydrogens (tertiary/aromatic N) is 3. The Morgan fingerprint density at radius 2 is 1.39 bits per heavy atom. The fourth-order valence-corrected chi connectivity index (χ4v) is 4.37. The van der Waals surface area contributed by atoms with Crippen LogP contribution in [0.2, 0.25) is 0 Å². The molecule has 0 amide bonds. The van der Waals surface area contributed by atoms with Crippen molar-refractivity contribution in [2.45, 2.75) is 38.5 Å². The van der Waals surface area contributed by atoms with Gasteiger partial charge < -0.3 is 0 Å². The summed E-state index contributed by atoms with van der Waals surface area (Å²) in [4.78, 5) is 0. The summed E-state index contributed by atoms with van der Waals surface area (Å²) >= 11 is 0. The highest BCUT2D eigenvalue weighted by Gasteiger charge is 2.32. The van der Waals surface area contributed by atoms with Crippen LogP contribution in [-0.2, 0) is 10.2 Å². The highest BCUT2D eigenvalue weighted by atomic mass is 32.2. The molecule has 0 aromatic carbocycles. The summed E-state index contributed by atoms with van der Waals surface area (Å²) in [7, 11) is -3.28. The van der Waals surface area contributed by atoms with Gasteiger partial charge in [-0.1, -0.05) is 12.8 Å². The minimum atomic E-state index is -3.28. The molecule has 102 valence electrons. The third-order valence-corrected chi connectivity index (χ3v) is 5.89. The Bertz CT molecular complexity index is 400. The Labute approximate surface area is 110 Å². The molecule has 0 aromatic rings. The second kappa shape index (κ2) is 6.00. The van der Waals surface area contributed by atoms with Crippen LogP contribution in [0.25, 0.3) is 0 Å². The van der Waals surface area contributed by atoms with Gasteiger partial charge in [0.05, 0.1) is 6.07 Å². The first-order valence-corrected chi connectivity index (χ1v) is 8.19. The van der Waals surface area contributed by atoms with E-state index in [1.807, 2.05) is 0 Å². The highest BCUT2D eigenvalue weighted by Crippen LogP contribution is 2.22. The molecule has 0 saturated carbocycles. The Balaban J connectivity index is 2.00. The Morgan fingerprint density at radius 3 is 1.89 bits per heavy atom. The normalized spacial score (nSPS) is 25.5. The zero-order valence-corrected chi connectivity index (χ0v) is 11.5. The first-order chi connectivity index (χ1) is 8.64. The molecule has 6 heteroatoms. The topological polar surface area (TPSA) is 64.4 Å². The van der Waals surface area contributed by atoms with E-state index >= 15 is 0 Å². The molecule has 2 rings (SSSR count). The maximum Gasteiger partial charge on any atom is 0.281 e. The van der Waals surface area contributed by atoms with Gasteiger partial charge in [-0.3, -0.25) is 0 Å². The van der Waals surface area contributed by atoms with Crippen LogP contribution in [0, 0.1) is 17.2 Å². The predicted molar refractivity (Wildman–Crippen MR) is 68.9 cm³/mol. The van der Waals surface area contributed by atoms with Crippen LogP contribution in [0.5, 0.6) is 0 Å². The summed E-state index contributed by atoms with van der Waals surface area (Å²) in [6.45, 7) is 2.30. The number of hydrogen-bond donors (Lipinski definition) is 0. The fraction of sp³-hybridized carbons (Fsp3) is 0.917. The molecule has 2 saturated heterocycles. The van der Waals surface area contributed by atoms with E-state index in [-0.39, 0.29) is 5.92 Å². The molecule has 2 fully saturated rings. The second-order valence-electron chi connectivity index (χ2n) is 5.12. The Morgan fingerprint density at radius 1 is 0.889 bits per heavy atom. The lowest BCUT2D eigenvalue weighted by molar-refractivity contribution is 0.281. The molecule has 0 bridgehead atoms. The lowest BCUT2D eigenvalue weighted by atomic mass is 10.0. The van der Waals surface area contributed by atoms with E-state index in [0.29, 0.717) is 39.0 Å². The van der Waals surface area contributed by atoms with Crippen molar-refractivity contribution >= 4 is 10.2 Å². The average molecular weight is 271 g/mol. The van der Waals surface area contributed by atoms with E-state index in [4.69, 9.17) is 5.26 Å². The van der Waals surface area contributed by atoms with Crippen molar-refractivity contribution in [3.8, 4) is 6.07 Å². The van der Waals surface area contributed by atoms with Crippen molar-refractivity contribution in [1.29, 1.82) is 5.26 Å². The van der Waals surface area contributed by atoms with Crippen LogP contribution in [0.15, 0.2) is 0 Å². The zero-order valence-electron chi connectivity index (χ0n) is 10.7. The second-order valence-corrected chi connectivity index (χ2v) is 7.05. The summed E-state index contributed by atoms with van der Waals surface area (Å²) in [6.07, 6.45) is 5.53. The molecule has 0 aliphatic carbocycles. The predicted octanol–water partition coefficient (Wildman–Crippen LogP) is 1.34. The minimum Gasteiger partial charge on any atom is -0.198 e. The van der Waals surface area contributed by atoms with Crippen molar-refractivity contribution in [1.82, 2.24) is 8.61 Å². The maximum absolute atomic E-state index is 12.5. The smallest absolute Gasteiger partial charge is 0.198 e. The molecule has 0 aromatic heterocycles.